The molecule has 4 N–H and O–H groups in total. The van der Waals surface area contributed by atoms with Crippen LogP contribution < -0.4 is 16.4 Å². The number of thiophene rings is 1. The molecule has 4 rings (SSSR count). The molecule has 0 atom stereocenters. The summed E-state index contributed by atoms with van der Waals surface area (Å²) in [7, 11) is 0. The van der Waals surface area contributed by atoms with Crippen molar-refractivity contribution in [2.75, 3.05) is 23.7 Å². The quantitative estimate of drug-likeness (QED) is 0.489. The van der Waals surface area contributed by atoms with Crippen molar-refractivity contribution in [3.8, 4) is 0 Å². The van der Waals surface area contributed by atoms with E-state index in [1.807, 2.05) is 31.2 Å². The number of rotatable bonds is 7. The van der Waals surface area contributed by atoms with Crippen molar-refractivity contribution >= 4 is 39.7 Å². The number of carbonyl (C=O) groups is 3. The molecule has 2 aromatic heterocycles. The number of hydrogen-bond acceptors (Lipinski definition) is 6. The molecule has 1 aliphatic heterocycles. The zero-order valence-electron chi connectivity index (χ0n) is 18.3. The number of hydrogen-bond donors (Lipinski definition) is 3. The van der Waals surface area contributed by atoms with Crippen LogP contribution in [0.15, 0.2) is 53.1 Å². The van der Waals surface area contributed by atoms with Gasteiger partial charge in [-0.1, -0.05) is 12.1 Å². The molecule has 8 nitrogen and oxygen atoms in total. The highest BCUT2D eigenvalue weighted by Crippen LogP contribution is 2.28. The molecule has 0 unspecified atom stereocenters. The van der Waals surface area contributed by atoms with Gasteiger partial charge < -0.3 is 20.8 Å². The van der Waals surface area contributed by atoms with E-state index in [0.29, 0.717) is 15.6 Å². The minimum absolute atomic E-state index is 0.0327. The summed E-state index contributed by atoms with van der Waals surface area (Å²) in [6, 6.07) is 12.7. The number of benzene rings is 1. The number of furan rings is 1. The lowest BCUT2D eigenvalue weighted by Gasteiger charge is -2.30. The van der Waals surface area contributed by atoms with E-state index in [-0.39, 0.29) is 29.4 Å². The molecule has 33 heavy (non-hydrogen) atoms. The average molecular weight is 467 g/mol. The van der Waals surface area contributed by atoms with Crippen LogP contribution in [0.25, 0.3) is 0 Å². The first kappa shape index (κ1) is 22.8. The molecular weight excluding hydrogens is 440 g/mol. The molecule has 1 aromatic carbocycles. The van der Waals surface area contributed by atoms with Crippen LogP contribution in [-0.4, -0.2) is 35.7 Å². The smallest absolute Gasteiger partial charge is 0.291 e. The maximum Gasteiger partial charge on any atom is 0.291 e. The Morgan fingerprint density at radius 1 is 1.09 bits per heavy atom. The van der Waals surface area contributed by atoms with Crippen LogP contribution >= 0.6 is 11.3 Å². The van der Waals surface area contributed by atoms with Gasteiger partial charge in [0, 0.05) is 18.2 Å². The Labute approximate surface area is 195 Å². The second kappa shape index (κ2) is 10.0. The first-order chi connectivity index (χ1) is 15.9. The Hall–Kier alpha value is -3.43. The monoisotopic (exact) mass is 466 g/mol. The molecule has 0 aliphatic carbocycles. The van der Waals surface area contributed by atoms with Crippen LogP contribution in [0.1, 0.15) is 44.2 Å². The molecule has 0 spiro atoms. The molecular formula is C24H26N4O4S. The summed E-state index contributed by atoms with van der Waals surface area (Å²) in [6.07, 6.45) is 3.00. The second-order valence-corrected chi connectivity index (χ2v) is 9.21. The Kier molecular flexibility index (Phi) is 6.90. The normalized spacial score (nSPS) is 14.7. The van der Waals surface area contributed by atoms with Crippen LogP contribution in [0, 0.1) is 12.8 Å². The number of nitrogens with two attached hydrogens (primary N) is 1. The molecule has 172 valence electrons. The predicted octanol–water partition coefficient (Wildman–Crippen LogP) is 3.85. The summed E-state index contributed by atoms with van der Waals surface area (Å²) in [4.78, 5) is 39.2. The van der Waals surface area contributed by atoms with Gasteiger partial charge in [0.05, 0.1) is 16.1 Å². The number of nitrogens with zero attached hydrogens (tertiary/aromatic N) is 1. The largest absolute Gasteiger partial charge is 0.459 e. The lowest BCUT2D eigenvalue weighted by atomic mass is 9.96. The summed E-state index contributed by atoms with van der Waals surface area (Å²) < 4.78 is 5.10. The summed E-state index contributed by atoms with van der Waals surface area (Å²) in [5, 5.41) is 6.29. The van der Waals surface area contributed by atoms with Crippen LogP contribution in [0.2, 0.25) is 0 Å². The summed E-state index contributed by atoms with van der Waals surface area (Å²) in [6.45, 7) is 4.23. The third kappa shape index (κ3) is 5.68. The fourth-order valence-corrected chi connectivity index (χ4v) is 4.88. The van der Waals surface area contributed by atoms with E-state index in [1.165, 1.54) is 17.6 Å². The molecule has 3 aromatic rings. The van der Waals surface area contributed by atoms with E-state index in [2.05, 4.69) is 15.5 Å². The van der Waals surface area contributed by atoms with Crippen molar-refractivity contribution in [3.63, 3.8) is 0 Å². The van der Waals surface area contributed by atoms with Crippen molar-refractivity contribution in [3.05, 3.63) is 70.5 Å². The van der Waals surface area contributed by atoms with E-state index < -0.39 is 0 Å². The van der Waals surface area contributed by atoms with Gasteiger partial charge in [0.15, 0.2) is 5.76 Å². The number of anilines is 2. The topological polar surface area (TPSA) is 118 Å². The van der Waals surface area contributed by atoms with E-state index >= 15 is 0 Å². The fourth-order valence-electron chi connectivity index (χ4n) is 3.92. The van der Waals surface area contributed by atoms with Crippen molar-refractivity contribution in [1.29, 1.82) is 0 Å². The highest BCUT2D eigenvalue weighted by Gasteiger charge is 2.23. The molecule has 3 amide bonds. The van der Waals surface area contributed by atoms with Gasteiger partial charge in [0.25, 0.3) is 11.8 Å². The maximum absolute atomic E-state index is 12.9. The van der Waals surface area contributed by atoms with Crippen LogP contribution in [0.3, 0.4) is 0 Å². The van der Waals surface area contributed by atoms with Gasteiger partial charge in [-0.05, 0) is 74.3 Å². The summed E-state index contributed by atoms with van der Waals surface area (Å²) in [5.74, 6) is -0.625. The van der Waals surface area contributed by atoms with Crippen molar-refractivity contribution in [2.45, 2.75) is 26.3 Å². The minimum atomic E-state index is -0.360. The highest BCUT2D eigenvalue weighted by molar-refractivity contribution is 7.18. The molecule has 1 aliphatic rings. The summed E-state index contributed by atoms with van der Waals surface area (Å²) >= 11 is 1.22. The number of carbonyl (C=O) groups excluding carboxylic acids is 3. The molecule has 9 heteroatoms. The molecule has 0 radical (unpaired) electrons. The Morgan fingerprint density at radius 3 is 2.58 bits per heavy atom. The van der Waals surface area contributed by atoms with Crippen LogP contribution in [0.5, 0.6) is 0 Å². The standard InChI is InChI=1S/C24H26N4O4S/c1-15-12-20(27-23(30)19-6-3-11-32-19)33-21(15)24(31)26-18-5-2-4-16(13-18)14-28-9-7-17(8-10-28)22(25)29/h2-6,11-13,17H,7-10,14H2,1H3,(H2,25,29)(H,26,31)(H,27,30). The number of likely N-dealkylation sites (tertiary alicyclic amines) is 1. The van der Waals surface area contributed by atoms with Gasteiger partial charge in [-0.25, -0.2) is 0 Å². The third-order valence-corrected chi connectivity index (χ3v) is 6.84. The van der Waals surface area contributed by atoms with Gasteiger partial charge >= 0.3 is 0 Å². The SMILES string of the molecule is Cc1cc(NC(=O)c2ccco2)sc1C(=O)Nc1cccc(CN2CCC(C(N)=O)CC2)c1. The van der Waals surface area contributed by atoms with E-state index in [0.717, 1.165) is 43.6 Å². The predicted molar refractivity (Wildman–Crippen MR) is 127 cm³/mol. The zero-order chi connectivity index (χ0) is 23.4. The van der Waals surface area contributed by atoms with Crippen molar-refractivity contribution in [1.82, 2.24) is 4.90 Å². The van der Waals surface area contributed by atoms with Gasteiger partial charge in [-0.2, -0.15) is 0 Å². The average Bonchev–Trinajstić information content (AvgIpc) is 3.44. The van der Waals surface area contributed by atoms with E-state index in [4.69, 9.17) is 10.2 Å². The molecule has 1 fully saturated rings. The number of primary amides is 1. The minimum Gasteiger partial charge on any atom is -0.459 e. The second-order valence-electron chi connectivity index (χ2n) is 8.16. The Balaban J connectivity index is 1.36. The highest BCUT2D eigenvalue weighted by atomic mass is 32.1. The molecule has 0 saturated carbocycles. The number of aryl methyl sites for hydroxylation is 1. The van der Waals surface area contributed by atoms with Gasteiger partial charge in [-0.15, -0.1) is 11.3 Å². The maximum atomic E-state index is 12.9. The first-order valence-electron chi connectivity index (χ1n) is 10.8. The van der Waals surface area contributed by atoms with E-state index in [9.17, 15) is 14.4 Å². The van der Waals surface area contributed by atoms with Crippen molar-refractivity contribution in [2.24, 2.45) is 11.7 Å². The van der Waals surface area contributed by atoms with Gasteiger partial charge in [0.1, 0.15) is 0 Å². The number of amides is 3. The van der Waals surface area contributed by atoms with Crippen molar-refractivity contribution < 1.29 is 18.8 Å². The number of nitrogens with one attached hydrogen (secondary N) is 2. The fraction of sp³-hybridized carbons (Fsp3) is 0.292. The van der Waals surface area contributed by atoms with Gasteiger partial charge in [-0.3, -0.25) is 19.3 Å². The zero-order valence-corrected chi connectivity index (χ0v) is 19.1. The third-order valence-electron chi connectivity index (χ3n) is 5.69. The van der Waals surface area contributed by atoms with E-state index in [1.54, 1.807) is 18.2 Å². The molecule has 0 bridgehead atoms. The lowest BCUT2D eigenvalue weighted by Crippen LogP contribution is -2.38. The van der Waals surface area contributed by atoms with Gasteiger partial charge in [0.2, 0.25) is 5.91 Å². The van der Waals surface area contributed by atoms with Crippen LogP contribution in [-0.2, 0) is 11.3 Å². The lowest BCUT2D eigenvalue weighted by molar-refractivity contribution is -0.123. The first-order valence-corrected chi connectivity index (χ1v) is 11.6. The molecule has 3 heterocycles. The Bertz CT molecular complexity index is 1150. The Morgan fingerprint density at radius 2 is 1.88 bits per heavy atom. The molecule has 1 saturated heterocycles. The van der Waals surface area contributed by atoms with Crippen LogP contribution in [0.4, 0.5) is 10.7 Å². The summed E-state index contributed by atoms with van der Waals surface area (Å²) in [5.41, 5.74) is 7.98. The number of piperidine rings is 1.